The van der Waals surface area contributed by atoms with E-state index in [1.807, 2.05) is 0 Å². The number of aldehydes is 1. The Balaban J connectivity index is 2.71. The van der Waals surface area contributed by atoms with Crippen molar-refractivity contribution in [1.82, 2.24) is 0 Å². The predicted octanol–water partition coefficient (Wildman–Crippen LogP) is 5.34. The molecule has 0 bridgehead atoms. The first kappa shape index (κ1) is 17.0. The summed E-state index contributed by atoms with van der Waals surface area (Å²) >= 11 is 0. The van der Waals surface area contributed by atoms with E-state index < -0.39 is 34.9 Å². The molecule has 2 rings (SSSR count). The second-order valence-electron chi connectivity index (χ2n) is 4.69. The van der Waals surface area contributed by atoms with Gasteiger partial charge in [0, 0.05) is 5.56 Å². The molecule has 0 atom stereocenters. The topological polar surface area (TPSA) is 17.1 Å². The van der Waals surface area contributed by atoms with E-state index in [0.717, 1.165) is 18.2 Å². The van der Waals surface area contributed by atoms with Crippen LogP contribution in [0.15, 0.2) is 36.4 Å². The van der Waals surface area contributed by atoms with Crippen LogP contribution in [0, 0.1) is 5.82 Å². The highest BCUT2D eigenvalue weighted by atomic mass is 19.4. The zero-order chi connectivity index (χ0) is 17.4. The van der Waals surface area contributed by atoms with Crippen molar-refractivity contribution in [2.75, 3.05) is 0 Å². The normalized spacial score (nSPS) is 12.3. The van der Waals surface area contributed by atoms with Crippen LogP contribution in [-0.2, 0) is 12.4 Å². The molecule has 0 aromatic heterocycles. The summed E-state index contributed by atoms with van der Waals surface area (Å²) in [6.07, 6.45) is -9.77. The summed E-state index contributed by atoms with van der Waals surface area (Å²) in [5.41, 5.74) is -3.98. The van der Waals surface area contributed by atoms with Gasteiger partial charge in [0.1, 0.15) is 12.1 Å². The molecule has 0 unspecified atom stereocenters. The van der Waals surface area contributed by atoms with E-state index in [0.29, 0.717) is 12.1 Å². The van der Waals surface area contributed by atoms with Crippen molar-refractivity contribution < 1.29 is 35.5 Å². The maximum Gasteiger partial charge on any atom is 0.416 e. The first-order chi connectivity index (χ1) is 10.5. The van der Waals surface area contributed by atoms with E-state index in [1.165, 1.54) is 0 Å². The lowest BCUT2D eigenvalue weighted by atomic mass is 9.98. The highest BCUT2D eigenvalue weighted by Crippen LogP contribution is 2.38. The number of carbonyl (C=O) groups excluding carboxylic acids is 1. The summed E-state index contributed by atoms with van der Waals surface area (Å²) in [6.45, 7) is 0. The number of hydrogen-bond donors (Lipinski definition) is 0. The molecule has 0 amide bonds. The van der Waals surface area contributed by atoms with Gasteiger partial charge in [-0.1, -0.05) is 0 Å². The van der Waals surface area contributed by atoms with Crippen molar-refractivity contribution >= 4 is 6.29 Å². The number of rotatable bonds is 2. The molecule has 0 fully saturated rings. The minimum Gasteiger partial charge on any atom is -0.298 e. The molecular formula is C15H7F7O. The van der Waals surface area contributed by atoms with Gasteiger partial charge in [-0.25, -0.2) is 4.39 Å². The van der Waals surface area contributed by atoms with Crippen molar-refractivity contribution in [3.05, 3.63) is 58.9 Å². The third-order valence-corrected chi connectivity index (χ3v) is 2.98. The third-order valence-electron chi connectivity index (χ3n) is 2.98. The number of hydrogen-bond acceptors (Lipinski definition) is 1. The molecule has 23 heavy (non-hydrogen) atoms. The third kappa shape index (κ3) is 3.88. The van der Waals surface area contributed by atoms with Gasteiger partial charge in [-0.2, -0.15) is 26.3 Å². The fourth-order valence-corrected chi connectivity index (χ4v) is 1.97. The molecule has 0 aliphatic carbocycles. The van der Waals surface area contributed by atoms with Gasteiger partial charge in [0.05, 0.1) is 11.1 Å². The molecule has 122 valence electrons. The summed E-state index contributed by atoms with van der Waals surface area (Å²) in [4.78, 5) is 10.7. The van der Waals surface area contributed by atoms with E-state index in [-0.39, 0.29) is 23.5 Å². The van der Waals surface area contributed by atoms with Crippen molar-refractivity contribution in [2.24, 2.45) is 0 Å². The molecule has 1 nitrogen and oxygen atoms in total. The lowest BCUT2D eigenvalue weighted by Crippen LogP contribution is -2.11. The zero-order valence-corrected chi connectivity index (χ0v) is 11.1. The standard InChI is InChI=1S/C15H7F7O/c16-13-2-8(7-23)1-9(5-13)10-3-11(14(17,18)19)6-12(4-10)15(20,21)22/h1-7H. The summed E-state index contributed by atoms with van der Waals surface area (Å²) in [6, 6.07) is 3.49. The monoisotopic (exact) mass is 336 g/mol. The second kappa shape index (κ2) is 5.68. The first-order valence-corrected chi connectivity index (χ1v) is 6.06. The van der Waals surface area contributed by atoms with Gasteiger partial charge in [0.2, 0.25) is 0 Å². The Kier molecular flexibility index (Phi) is 4.19. The number of benzene rings is 2. The van der Waals surface area contributed by atoms with Gasteiger partial charge in [-0.3, -0.25) is 4.79 Å². The van der Waals surface area contributed by atoms with Crippen molar-refractivity contribution in [3.63, 3.8) is 0 Å². The van der Waals surface area contributed by atoms with Crippen LogP contribution in [0.5, 0.6) is 0 Å². The summed E-state index contributed by atoms with van der Waals surface area (Å²) in [7, 11) is 0. The quantitative estimate of drug-likeness (QED) is 0.534. The fourth-order valence-electron chi connectivity index (χ4n) is 1.97. The van der Waals surface area contributed by atoms with Crippen molar-refractivity contribution in [2.45, 2.75) is 12.4 Å². The SMILES string of the molecule is O=Cc1cc(F)cc(-c2cc(C(F)(F)F)cc(C(F)(F)F)c2)c1. The molecule has 0 spiro atoms. The van der Waals surface area contributed by atoms with Crippen LogP contribution >= 0.6 is 0 Å². The molecule has 0 saturated carbocycles. The van der Waals surface area contributed by atoms with Crippen molar-refractivity contribution in [1.29, 1.82) is 0 Å². The van der Waals surface area contributed by atoms with Gasteiger partial charge < -0.3 is 0 Å². The summed E-state index contributed by atoms with van der Waals surface area (Å²) < 4.78 is 90.0. The lowest BCUT2D eigenvalue weighted by molar-refractivity contribution is -0.143. The molecule has 0 saturated heterocycles. The Bertz CT molecular complexity index is 712. The van der Waals surface area contributed by atoms with Gasteiger partial charge in [0.25, 0.3) is 0 Å². The van der Waals surface area contributed by atoms with Crippen LogP contribution < -0.4 is 0 Å². The minimum atomic E-state index is -5.00. The minimum absolute atomic E-state index is 0.0244. The molecule has 0 aliphatic rings. The largest absolute Gasteiger partial charge is 0.416 e. The Morgan fingerprint density at radius 2 is 1.17 bits per heavy atom. The maximum atomic E-state index is 13.4. The second-order valence-corrected chi connectivity index (χ2v) is 4.69. The van der Waals surface area contributed by atoms with Crippen LogP contribution in [0.1, 0.15) is 21.5 Å². The van der Waals surface area contributed by atoms with Crippen LogP contribution in [0.4, 0.5) is 30.7 Å². The van der Waals surface area contributed by atoms with Gasteiger partial charge in [-0.05, 0) is 47.5 Å². The Morgan fingerprint density at radius 3 is 1.61 bits per heavy atom. The smallest absolute Gasteiger partial charge is 0.298 e. The van der Waals surface area contributed by atoms with Crippen molar-refractivity contribution in [3.8, 4) is 11.1 Å². The number of halogens is 7. The van der Waals surface area contributed by atoms with Crippen LogP contribution in [0.3, 0.4) is 0 Å². The van der Waals surface area contributed by atoms with Gasteiger partial charge >= 0.3 is 12.4 Å². The first-order valence-electron chi connectivity index (χ1n) is 6.06. The molecule has 0 aliphatic heterocycles. The Labute approximate surface area is 125 Å². The highest BCUT2D eigenvalue weighted by molar-refractivity contribution is 5.79. The van der Waals surface area contributed by atoms with E-state index >= 15 is 0 Å². The van der Waals surface area contributed by atoms with E-state index in [9.17, 15) is 35.5 Å². The molecule has 8 heteroatoms. The molecule has 0 N–H and O–H groups in total. The predicted molar refractivity (Wildman–Crippen MR) is 67.2 cm³/mol. The average molecular weight is 336 g/mol. The maximum absolute atomic E-state index is 13.4. The van der Waals surface area contributed by atoms with Crippen LogP contribution in [-0.4, -0.2) is 6.29 Å². The van der Waals surface area contributed by atoms with E-state index in [1.54, 1.807) is 0 Å². The summed E-state index contributed by atoms with van der Waals surface area (Å²) in [5.74, 6) is -0.949. The molecule has 2 aromatic rings. The van der Waals surface area contributed by atoms with Gasteiger partial charge in [-0.15, -0.1) is 0 Å². The molecule has 0 heterocycles. The van der Waals surface area contributed by atoms with Crippen LogP contribution in [0.2, 0.25) is 0 Å². The average Bonchev–Trinajstić information content (AvgIpc) is 2.44. The van der Waals surface area contributed by atoms with E-state index in [2.05, 4.69) is 0 Å². The van der Waals surface area contributed by atoms with E-state index in [4.69, 9.17) is 0 Å². The van der Waals surface area contributed by atoms with Gasteiger partial charge in [0.15, 0.2) is 0 Å². The Morgan fingerprint density at radius 1 is 0.696 bits per heavy atom. The fraction of sp³-hybridized carbons (Fsp3) is 0.133. The molecule has 0 radical (unpaired) electrons. The highest BCUT2D eigenvalue weighted by Gasteiger charge is 2.37. The Hall–Kier alpha value is -2.38. The summed E-state index contributed by atoms with van der Waals surface area (Å²) in [5, 5.41) is 0. The molecular weight excluding hydrogens is 329 g/mol. The number of carbonyl (C=O) groups is 1. The lowest BCUT2D eigenvalue weighted by Gasteiger charge is -2.14. The number of alkyl halides is 6. The molecule has 2 aromatic carbocycles. The van der Waals surface area contributed by atoms with Crippen LogP contribution in [0.25, 0.3) is 11.1 Å². The zero-order valence-electron chi connectivity index (χ0n) is 11.1.